The van der Waals surface area contributed by atoms with Gasteiger partial charge in [-0.2, -0.15) is 0 Å². The van der Waals surface area contributed by atoms with E-state index < -0.39 is 33.4 Å². The Morgan fingerprint density at radius 3 is 1.00 bits per heavy atom. The minimum atomic E-state index is -4.44. The molecule has 0 spiro atoms. The number of hydrogen-bond donors (Lipinski definition) is 0. The van der Waals surface area contributed by atoms with Crippen molar-refractivity contribution in [3.05, 3.63) is 0 Å². The number of rotatable bonds is 0. The second-order valence-electron chi connectivity index (χ2n) is 0.111. The first-order valence-electron chi connectivity index (χ1n) is 0.293. The number of halogens is 3. The quantitative estimate of drug-likeness (QED) is 0.392. The van der Waals surface area contributed by atoms with Crippen LogP contribution in [0.4, 0.5) is 4.39 Å². The van der Waals surface area contributed by atoms with Crippen molar-refractivity contribution in [3.63, 3.8) is 0 Å². The molecule has 0 aromatic heterocycles. The van der Waals surface area contributed by atoms with E-state index in [0.717, 1.165) is 0 Å². The zero-order chi connectivity index (χ0) is 3.58. The second kappa shape index (κ2) is 16.7. The average molecular weight is 546 g/mol. The third-order valence-corrected chi connectivity index (χ3v) is 0. The van der Waals surface area contributed by atoms with Gasteiger partial charge in [-0.1, -0.05) is 0 Å². The summed E-state index contributed by atoms with van der Waals surface area (Å²) in [5.41, 5.74) is 0. The van der Waals surface area contributed by atoms with Gasteiger partial charge < -0.3 is 0 Å². The van der Waals surface area contributed by atoms with Crippen LogP contribution in [0.1, 0.15) is 0 Å². The Kier molecular flexibility index (Phi) is 53.6. The van der Waals surface area contributed by atoms with Gasteiger partial charge in [-0.05, 0) is 0 Å². The van der Waals surface area contributed by atoms with Gasteiger partial charge in [-0.15, -0.1) is 0 Å². The van der Waals surface area contributed by atoms with Gasteiger partial charge in [-0.25, -0.2) is 0 Å². The van der Waals surface area contributed by atoms with Crippen LogP contribution in [0.2, 0.25) is 0 Å². The SMILES string of the molecule is [F][Lu]([F])[F].[Ho].[LiH].[Pr]. The van der Waals surface area contributed by atoms with E-state index in [4.69, 9.17) is 0 Å². The van der Waals surface area contributed by atoms with Gasteiger partial charge in [0.05, 0.1) is 0 Å². The van der Waals surface area contributed by atoms with Crippen molar-refractivity contribution in [2.24, 2.45) is 0 Å². The predicted octanol–water partition coefficient (Wildman–Crippen LogP) is 0.612. The molecule has 0 atom stereocenters. The summed E-state index contributed by atoms with van der Waals surface area (Å²) in [6.07, 6.45) is 0. The van der Waals surface area contributed by atoms with Crippen LogP contribution in [0.25, 0.3) is 0 Å². The molecule has 52 valence electrons. The Hall–Kier alpha value is 4.24. The van der Waals surface area contributed by atoms with Crippen LogP contribution >= 0.6 is 0 Å². The van der Waals surface area contributed by atoms with E-state index >= 15 is 0 Å². The molecule has 2 radical (unpaired) electrons. The summed E-state index contributed by atoms with van der Waals surface area (Å²) in [4.78, 5) is 0. The smallest absolute Gasteiger partial charge is 0 e. The maximum Gasteiger partial charge on any atom is 0 e. The van der Waals surface area contributed by atoms with E-state index in [1.165, 1.54) is 0 Å². The third-order valence-electron chi connectivity index (χ3n) is 0. The van der Waals surface area contributed by atoms with Gasteiger partial charge in [0.1, 0.15) is 0 Å². The van der Waals surface area contributed by atoms with Gasteiger partial charge in [0.2, 0.25) is 0 Å². The minimum absolute atomic E-state index is 0. The first-order chi connectivity index (χ1) is 1.73. The Balaban J connectivity index is -0.0000000150. The molecule has 7 heavy (non-hydrogen) atoms. The summed E-state index contributed by atoms with van der Waals surface area (Å²) in [7, 11) is 0. The largest absolute Gasteiger partial charge is 0 e. The van der Waals surface area contributed by atoms with Crippen LogP contribution in [0.5, 0.6) is 0 Å². The van der Waals surface area contributed by atoms with E-state index in [9.17, 15) is 4.39 Å². The molecule has 7 heteroatoms. The normalized spacial score (nSPS) is 6.43. The monoisotopic (exact) mass is 546 g/mol. The Labute approximate surface area is 132 Å². The van der Waals surface area contributed by atoms with E-state index in [1.807, 2.05) is 0 Å². The van der Waals surface area contributed by atoms with Crippen molar-refractivity contribution in [2.75, 3.05) is 0 Å². The van der Waals surface area contributed by atoms with Gasteiger partial charge >= 0.3 is 56.7 Å². The summed E-state index contributed by atoms with van der Waals surface area (Å²) in [5, 5.41) is 0. The molecule has 0 heterocycles. The molecule has 0 N–H and O–H groups in total. The molecule has 0 aliphatic carbocycles. The van der Waals surface area contributed by atoms with Crippen molar-refractivity contribution in [3.8, 4) is 0 Å². The standard InChI is InChI=1S/3FH.Ho.Li.Lu.Pr.H/h3*1H;;;;;/q;;;;;+3;;/p-3. The molecule has 0 bridgehead atoms. The molecule has 0 fully saturated rings. The van der Waals surface area contributed by atoms with Crippen molar-refractivity contribution in [2.45, 2.75) is 0 Å². The topological polar surface area (TPSA) is 0 Å². The maximum absolute atomic E-state index is 9.78. The summed E-state index contributed by atoms with van der Waals surface area (Å²) < 4.78 is 29.3. The Morgan fingerprint density at radius 1 is 1.00 bits per heavy atom. The molecular formula is HF3HoLiLuPr. The molecule has 0 aromatic rings. The van der Waals surface area contributed by atoms with Crippen LogP contribution in [0.15, 0.2) is 0 Å². The van der Waals surface area contributed by atoms with Crippen molar-refractivity contribution < 1.29 is 117 Å². The van der Waals surface area contributed by atoms with Crippen LogP contribution < -0.4 is 0 Å². The Morgan fingerprint density at radius 2 is 1.00 bits per heavy atom. The van der Waals surface area contributed by atoms with Crippen LogP contribution in [0, 0.1) is 112 Å². The van der Waals surface area contributed by atoms with Crippen LogP contribution in [0.3, 0.4) is 0 Å². The first kappa shape index (κ1) is 22.5. The molecule has 0 amide bonds. The molecule has 0 saturated heterocycles. The van der Waals surface area contributed by atoms with Crippen molar-refractivity contribution in [1.29, 1.82) is 0 Å². The fourth-order valence-electron chi connectivity index (χ4n) is 0. The molecule has 0 rings (SSSR count). The third kappa shape index (κ3) is 38.7. The van der Waals surface area contributed by atoms with E-state index in [1.54, 1.807) is 0 Å². The van der Waals surface area contributed by atoms with E-state index in [2.05, 4.69) is 0 Å². The molecule has 0 aliphatic rings. The first-order valence-corrected chi connectivity index (χ1v) is 2.17. The van der Waals surface area contributed by atoms with Crippen molar-refractivity contribution in [1.82, 2.24) is 0 Å². The minimum Gasteiger partial charge on any atom is 0 e. The molecule has 0 unspecified atom stereocenters. The van der Waals surface area contributed by atoms with Gasteiger partial charge in [0.15, 0.2) is 0 Å². The predicted molar refractivity (Wildman–Crippen MR) is 10.5 cm³/mol. The molecular weight excluding hydrogens is 545 g/mol. The molecule has 0 nitrogen and oxygen atoms in total. The zero-order valence-electron chi connectivity index (χ0n) is 2.27. The van der Waals surface area contributed by atoms with Crippen LogP contribution in [-0.2, 0) is 0 Å². The summed E-state index contributed by atoms with van der Waals surface area (Å²) in [6.45, 7) is 0. The fourth-order valence-corrected chi connectivity index (χ4v) is 0. The summed E-state index contributed by atoms with van der Waals surface area (Å²) >= 11 is -4.44. The van der Waals surface area contributed by atoms with Gasteiger partial charge in [0.25, 0.3) is 0 Å². The zero-order valence-corrected chi connectivity index (χ0v) is 9.57. The second-order valence-corrected chi connectivity index (χ2v) is 0.821. The summed E-state index contributed by atoms with van der Waals surface area (Å²) in [5.74, 6) is 0. The van der Waals surface area contributed by atoms with Crippen molar-refractivity contribution >= 4 is 18.9 Å². The average Bonchev–Trinajstić information content (AvgIpc) is 0.811. The number of hydrogen-bond acceptors (Lipinski definition) is 0. The van der Waals surface area contributed by atoms with Crippen LogP contribution in [-0.4, -0.2) is 18.9 Å². The molecule has 0 aromatic carbocycles. The molecule has 0 aliphatic heterocycles. The van der Waals surface area contributed by atoms with Gasteiger partial charge in [-0.3, -0.25) is 0 Å². The maximum atomic E-state index is 9.78. The fraction of sp³-hybridized carbons (Fsp3) is 0. The summed E-state index contributed by atoms with van der Waals surface area (Å²) in [6, 6.07) is 0. The van der Waals surface area contributed by atoms with E-state index in [-0.39, 0.29) is 97.9 Å². The molecule has 0 saturated carbocycles. The van der Waals surface area contributed by atoms with E-state index in [0.29, 0.717) is 0 Å². The Bertz CT molecular complexity index is 19.7. The van der Waals surface area contributed by atoms with Gasteiger partial charge in [0, 0.05) is 79.0 Å².